The second kappa shape index (κ2) is 3.57. The topological polar surface area (TPSA) is 53.1 Å². The molecule has 0 bridgehead atoms. The maximum absolute atomic E-state index is 13.9. The molecular weight excluding hydrogens is 197 g/mol. The fourth-order valence-corrected chi connectivity index (χ4v) is 1.14. The van der Waals surface area contributed by atoms with Gasteiger partial charge in [-0.3, -0.25) is 0 Å². The average molecular weight is 209 g/mol. The highest BCUT2D eigenvalue weighted by Crippen LogP contribution is 2.21. The zero-order chi connectivity index (χ0) is 14.3. The highest BCUT2D eigenvalue weighted by Gasteiger charge is 2.09. The third kappa shape index (κ3) is 1.74. The van der Waals surface area contributed by atoms with Gasteiger partial charge in [0.05, 0.1) is 11.0 Å². The first-order valence-electron chi connectivity index (χ1n) is 6.02. The Labute approximate surface area is 90.8 Å². The van der Waals surface area contributed by atoms with Gasteiger partial charge in [0.25, 0.3) is 0 Å². The number of carboxylic acid groups (broad SMARTS) is 1. The van der Waals surface area contributed by atoms with Gasteiger partial charge in [-0.05, 0) is 18.2 Å². The lowest BCUT2D eigenvalue weighted by Crippen LogP contribution is -1.91. The molecule has 0 unspecified atom stereocenters. The Morgan fingerprint density at radius 1 is 1.47 bits per heavy atom. The minimum atomic E-state index is -1.22. The van der Waals surface area contributed by atoms with Crippen LogP contribution in [0.25, 0.3) is 11.3 Å². The molecule has 0 atom stereocenters. The third-order valence-corrected chi connectivity index (χ3v) is 1.84. The molecule has 0 aliphatic carbocycles. The Balaban J connectivity index is 2.71. The van der Waals surface area contributed by atoms with Crippen LogP contribution in [0.15, 0.2) is 36.4 Å². The van der Waals surface area contributed by atoms with Crippen molar-refractivity contribution < 1.29 is 19.8 Å². The summed E-state index contributed by atoms with van der Waals surface area (Å²) in [5.41, 5.74) is -0.512. The molecule has 0 saturated carbocycles. The zero-order valence-electron chi connectivity index (χ0n) is 11.4. The minimum absolute atomic E-state index is 0.0121. The van der Waals surface area contributed by atoms with Crippen LogP contribution in [-0.4, -0.2) is 16.1 Å². The maximum atomic E-state index is 13.9. The van der Waals surface area contributed by atoms with E-state index in [2.05, 4.69) is 4.98 Å². The molecule has 1 aromatic heterocycles. The van der Waals surface area contributed by atoms with E-state index < -0.39 is 36.0 Å². The maximum Gasteiger partial charge on any atom is 0.337 e. The Morgan fingerprint density at radius 3 is 2.87 bits per heavy atom. The van der Waals surface area contributed by atoms with Gasteiger partial charge < -0.3 is 10.1 Å². The average Bonchev–Trinajstić information content (AvgIpc) is 2.84. The summed E-state index contributed by atoms with van der Waals surface area (Å²) in [5, 5.41) is 8.77. The Hall–Kier alpha value is -2.10. The van der Waals surface area contributed by atoms with Crippen LogP contribution in [0, 0.1) is 5.82 Å². The van der Waals surface area contributed by atoms with Crippen LogP contribution in [0.1, 0.15) is 15.8 Å². The SMILES string of the molecule is [2H]c1c([2H])c([2H])c(-c2cc(C(=O)O)c[nH]2)c(F)c1[2H]. The Morgan fingerprint density at radius 2 is 2.20 bits per heavy atom. The highest BCUT2D eigenvalue weighted by atomic mass is 19.1. The van der Waals surface area contributed by atoms with Gasteiger partial charge in [-0.25, -0.2) is 9.18 Å². The van der Waals surface area contributed by atoms with Gasteiger partial charge in [0.2, 0.25) is 0 Å². The highest BCUT2D eigenvalue weighted by molar-refractivity contribution is 5.89. The molecule has 15 heavy (non-hydrogen) atoms. The molecular formula is C11H8FNO2. The number of aromatic carboxylic acids is 1. The number of carboxylic acids is 1. The third-order valence-electron chi connectivity index (χ3n) is 1.84. The molecule has 1 aromatic carbocycles. The summed E-state index contributed by atoms with van der Waals surface area (Å²) in [6, 6.07) is -1.48. The number of hydrogen-bond donors (Lipinski definition) is 2. The van der Waals surface area contributed by atoms with Crippen LogP contribution in [0.5, 0.6) is 0 Å². The van der Waals surface area contributed by atoms with Gasteiger partial charge >= 0.3 is 5.97 Å². The molecule has 0 spiro atoms. The predicted molar refractivity (Wildman–Crippen MR) is 53.1 cm³/mol. The van der Waals surface area contributed by atoms with Gasteiger partial charge in [0, 0.05) is 17.5 Å². The molecule has 2 N–H and O–H groups in total. The van der Waals surface area contributed by atoms with E-state index in [1.165, 1.54) is 0 Å². The predicted octanol–water partition coefficient (Wildman–Crippen LogP) is 2.52. The van der Waals surface area contributed by atoms with Crippen molar-refractivity contribution in [3.63, 3.8) is 0 Å². The molecule has 0 fully saturated rings. The van der Waals surface area contributed by atoms with Crippen LogP contribution in [-0.2, 0) is 0 Å². The number of halogens is 1. The number of nitrogens with one attached hydrogen (secondary N) is 1. The Bertz CT molecular complexity index is 655. The van der Waals surface area contributed by atoms with Crippen molar-refractivity contribution in [1.82, 2.24) is 4.98 Å². The van der Waals surface area contributed by atoms with Crippen LogP contribution in [0.2, 0.25) is 0 Å². The molecule has 2 aromatic rings. The van der Waals surface area contributed by atoms with Gasteiger partial charge in [0.1, 0.15) is 5.82 Å². The van der Waals surface area contributed by atoms with E-state index in [-0.39, 0.29) is 16.8 Å². The number of aromatic nitrogens is 1. The molecule has 76 valence electrons. The van der Waals surface area contributed by atoms with E-state index in [0.717, 1.165) is 12.3 Å². The number of benzene rings is 1. The largest absolute Gasteiger partial charge is 0.478 e. The number of aromatic amines is 1. The summed E-state index contributed by atoms with van der Waals surface area (Å²) in [7, 11) is 0. The van der Waals surface area contributed by atoms with Crippen LogP contribution >= 0.6 is 0 Å². The van der Waals surface area contributed by atoms with E-state index in [9.17, 15) is 9.18 Å². The van der Waals surface area contributed by atoms with Crippen molar-refractivity contribution in [3.05, 3.63) is 47.8 Å². The van der Waals surface area contributed by atoms with E-state index in [1.807, 2.05) is 0 Å². The van der Waals surface area contributed by atoms with Crippen molar-refractivity contribution >= 4 is 5.97 Å². The first-order valence-corrected chi connectivity index (χ1v) is 4.02. The lowest BCUT2D eigenvalue weighted by molar-refractivity contribution is 0.0697. The minimum Gasteiger partial charge on any atom is -0.478 e. The van der Waals surface area contributed by atoms with Crippen molar-refractivity contribution in [2.45, 2.75) is 0 Å². The summed E-state index contributed by atoms with van der Waals surface area (Å²) in [6.45, 7) is 0. The quantitative estimate of drug-likeness (QED) is 0.798. The second-order valence-electron chi connectivity index (χ2n) is 2.80. The van der Waals surface area contributed by atoms with Gasteiger partial charge in [-0.1, -0.05) is 12.1 Å². The van der Waals surface area contributed by atoms with Crippen LogP contribution in [0.3, 0.4) is 0 Å². The van der Waals surface area contributed by atoms with Crippen LogP contribution in [0.4, 0.5) is 4.39 Å². The van der Waals surface area contributed by atoms with Gasteiger partial charge in [-0.15, -0.1) is 0 Å². The van der Waals surface area contributed by atoms with Gasteiger partial charge in [0.15, 0.2) is 0 Å². The zero-order valence-corrected chi connectivity index (χ0v) is 7.39. The molecule has 3 nitrogen and oxygen atoms in total. The first kappa shape index (κ1) is 5.70. The summed E-state index contributed by atoms with van der Waals surface area (Å²) >= 11 is 0. The molecule has 0 saturated heterocycles. The summed E-state index contributed by atoms with van der Waals surface area (Å²) in [5.74, 6) is -2.34. The summed E-state index contributed by atoms with van der Waals surface area (Å²) in [4.78, 5) is 13.2. The van der Waals surface area contributed by atoms with Crippen molar-refractivity contribution in [2.24, 2.45) is 0 Å². The van der Waals surface area contributed by atoms with Gasteiger partial charge in [-0.2, -0.15) is 0 Å². The Kier molecular flexibility index (Phi) is 1.36. The molecule has 2 rings (SSSR count). The lowest BCUT2D eigenvalue weighted by atomic mass is 10.1. The number of hydrogen-bond acceptors (Lipinski definition) is 1. The van der Waals surface area contributed by atoms with Crippen molar-refractivity contribution in [1.29, 1.82) is 0 Å². The van der Waals surface area contributed by atoms with E-state index in [4.69, 9.17) is 10.6 Å². The van der Waals surface area contributed by atoms with E-state index in [0.29, 0.717) is 0 Å². The molecule has 1 heterocycles. The number of H-pyrrole nitrogens is 1. The standard InChI is InChI=1S/C11H8FNO2/c12-9-4-2-1-3-8(9)10-5-7(6-13-10)11(14)15/h1-6,13H,(H,14,15)/i1D,2D,3D,4D. The fourth-order valence-electron chi connectivity index (χ4n) is 1.14. The van der Waals surface area contributed by atoms with E-state index >= 15 is 0 Å². The van der Waals surface area contributed by atoms with E-state index in [1.54, 1.807) is 0 Å². The van der Waals surface area contributed by atoms with Crippen LogP contribution < -0.4 is 0 Å². The fraction of sp³-hybridized carbons (Fsp3) is 0. The number of carbonyl (C=O) groups is 1. The molecule has 0 radical (unpaired) electrons. The molecule has 4 heteroatoms. The van der Waals surface area contributed by atoms with Crippen molar-refractivity contribution in [3.8, 4) is 11.3 Å². The summed E-state index contributed by atoms with van der Waals surface area (Å²) in [6.07, 6.45) is 1.12. The lowest BCUT2D eigenvalue weighted by Gasteiger charge is -1.98. The van der Waals surface area contributed by atoms with Crippen molar-refractivity contribution in [2.75, 3.05) is 0 Å². The number of rotatable bonds is 2. The monoisotopic (exact) mass is 209 g/mol. The first-order chi connectivity index (χ1) is 8.84. The molecule has 0 amide bonds. The summed E-state index contributed by atoms with van der Waals surface area (Å²) < 4.78 is 43.7. The second-order valence-corrected chi connectivity index (χ2v) is 2.80. The normalized spacial score (nSPS) is 13.9. The molecule has 0 aliphatic heterocycles. The molecule has 0 aliphatic rings. The smallest absolute Gasteiger partial charge is 0.337 e.